The van der Waals surface area contributed by atoms with E-state index in [9.17, 15) is 22.0 Å². The number of aromatic nitrogens is 5. The van der Waals surface area contributed by atoms with E-state index in [1.807, 2.05) is 0 Å². The Bertz CT molecular complexity index is 1130. The highest BCUT2D eigenvalue weighted by Crippen LogP contribution is 2.40. The number of pyridine rings is 1. The second kappa shape index (κ2) is 7.70. The van der Waals surface area contributed by atoms with E-state index in [0.717, 1.165) is 12.8 Å². The summed E-state index contributed by atoms with van der Waals surface area (Å²) in [5.74, 6) is -3.85. The van der Waals surface area contributed by atoms with Crippen LogP contribution in [0.4, 0.5) is 33.9 Å². The largest absolute Gasteiger partial charge is 0.483 e. The Morgan fingerprint density at radius 1 is 1.15 bits per heavy atom. The van der Waals surface area contributed by atoms with Gasteiger partial charge < -0.3 is 19.5 Å². The molecule has 1 saturated heterocycles. The standard InChI is InChI=1S/C19H20F5N7O2/c1-10-25-17(33-29-10)30-7-11-4-5-12(8-30)14(11)26-16-27-15-13(3-2-6-31(15)28-16)32-9-18(20,21)19(22,23)24/h2-3,6,11-12,14H,4-5,7-9H2,1H3,(H,26,28)/t11-,12+,14-. The van der Waals surface area contributed by atoms with Crippen molar-refractivity contribution in [2.75, 3.05) is 29.9 Å². The van der Waals surface area contributed by atoms with E-state index < -0.39 is 18.7 Å². The zero-order chi connectivity index (χ0) is 23.4. The highest BCUT2D eigenvalue weighted by Gasteiger charge is 2.58. The van der Waals surface area contributed by atoms with Crippen molar-refractivity contribution in [2.45, 2.75) is 37.9 Å². The number of nitrogens with one attached hydrogen (secondary N) is 1. The van der Waals surface area contributed by atoms with Crippen molar-refractivity contribution in [3.05, 3.63) is 24.2 Å². The van der Waals surface area contributed by atoms with Gasteiger partial charge in [-0.25, -0.2) is 4.52 Å². The number of hydrogen-bond acceptors (Lipinski definition) is 8. The van der Waals surface area contributed by atoms with Gasteiger partial charge in [-0.15, -0.1) is 5.10 Å². The molecule has 1 aliphatic heterocycles. The monoisotopic (exact) mass is 473 g/mol. The lowest BCUT2D eigenvalue weighted by atomic mass is 9.92. The molecular formula is C19H20F5N7O2. The van der Waals surface area contributed by atoms with Gasteiger partial charge in [-0.1, -0.05) is 5.16 Å². The summed E-state index contributed by atoms with van der Waals surface area (Å²) in [6, 6.07) is 3.27. The lowest BCUT2D eigenvalue weighted by Gasteiger charge is -2.37. The van der Waals surface area contributed by atoms with Crippen LogP contribution in [0.3, 0.4) is 0 Å². The molecule has 2 fully saturated rings. The van der Waals surface area contributed by atoms with Crippen molar-refractivity contribution < 1.29 is 31.2 Å². The Hall–Kier alpha value is -3.19. The molecule has 14 heteroatoms. The van der Waals surface area contributed by atoms with Gasteiger partial charge in [-0.2, -0.15) is 31.9 Å². The summed E-state index contributed by atoms with van der Waals surface area (Å²) < 4.78 is 75.2. The van der Waals surface area contributed by atoms with Crippen molar-refractivity contribution in [2.24, 2.45) is 11.8 Å². The Labute approximate surface area is 183 Å². The maximum absolute atomic E-state index is 13.3. The third-order valence-corrected chi connectivity index (χ3v) is 6.07. The number of anilines is 2. The molecule has 5 rings (SSSR count). The van der Waals surface area contributed by atoms with Gasteiger partial charge >= 0.3 is 18.1 Å². The van der Waals surface area contributed by atoms with E-state index in [-0.39, 0.29) is 35.2 Å². The number of ether oxygens (including phenoxy) is 1. The third kappa shape index (κ3) is 4.02. The highest BCUT2D eigenvalue weighted by molar-refractivity contribution is 5.56. The van der Waals surface area contributed by atoms with Crippen molar-refractivity contribution in [1.29, 1.82) is 0 Å². The minimum Gasteiger partial charge on any atom is -0.483 e. The van der Waals surface area contributed by atoms with E-state index in [4.69, 9.17) is 9.26 Å². The van der Waals surface area contributed by atoms with E-state index in [1.165, 1.54) is 22.8 Å². The molecule has 3 atom stereocenters. The zero-order valence-electron chi connectivity index (χ0n) is 17.4. The molecule has 0 aromatic carbocycles. The Kier molecular flexibility index (Phi) is 5.05. The first-order valence-electron chi connectivity index (χ1n) is 10.4. The lowest BCUT2D eigenvalue weighted by Crippen LogP contribution is -2.48. The number of rotatable bonds is 6. The summed E-state index contributed by atoms with van der Waals surface area (Å²) in [6.07, 6.45) is -2.22. The van der Waals surface area contributed by atoms with Crippen LogP contribution >= 0.6 is 0 Å². The van der Waals surface area contributed by atoms with Gasteiger partial charge in [0.15, 0.2) is 23.8 Å². The second-order valence-corrected chi connectivity index (χ2v) is 8.36. The van der Waals surface area contributed by atoms with Crippen LogP contribution in [-0.2, 0) is 0 Å². The first-order chi connectivity index (χ1) is 15.6. The van der Waals surface area contributed by atoms with Crippen LogP contribution in [-0.4, -0.2) is 62.6 Å². The Balaban J connectivity index is 1.30. The fourth-order valence-corrected chi connectivity index (χ4v) is 4.48. The molecule has 0 amide bonds. The van der Waals surface area contributed by atoms with E-state index >= 15 is 0 Å². The molecule has 0 radical (unpaired) electrons. The molecule has 2 aliphatic rings. The summed E-state index contributed by atoms with van der Waals surface area (Å²) >= 11 is 0. The smallest absolute Gasteiger partial charge is 0.456 e. The van der Waals surface area contributed by atoms with Crippen LogP contribution < -0.4 is 15.0 Å². The normalized spacial score (nSPS) is 23.3. The number of aryl methyl sites for hydroxylation is 1. The zero-order valence-corrected chi connectivity index (χ0v) is 17.4. The molecule has 3 aromatic rings. The van der Waals surface area contributed by atoms with Gasteiger partial charge in [0, 0.05) is 25.3 Å². The average Bonchev–Trinajstić information content (AvgIpc) is 3.41. The minimum absolute atomic E-state index is 0.0455. The predicted molar refractivity (Wildman–Crippen MR) is 104 cm³/mol. The SMILES string of the molecule is Cc1noc(N2C[C@H]3CC[C@@H](C2)[C@@H]3Nc2nc3c(OCC(F)(F)C(F)(F)F)cccn3n2)n1. The molecular weight excluding hydrogens is 453 g/mol. The third-order valence-electron chi connectivity index (χ3n) is 6.07. The molecule has 9 nitrogen and oxygen atoms in total. The van der Waals surface area contributed by atoms with Gasteiger partial charge in [0.25, 0.3) is 0 Å². The molecule has 178 valence electrons. The number of hydrogen-bond donors (Lipinski definition) is 1. The summed E-state index contributed by atoms with van der Waals surface area (Å²) in [7, 11) is 0. The molecule has 3 aromatic heterocycles. The summed E-state index contributed by atoms with van der Waals surface area (Å²) in [5, 5.41) is 11.4. The predicted octanol–water partition coefficient (Wildman–Crippen LogP) is 3.32. The van der Waals surface area contributed by atoms with Crippen LogP contribution in [0, 0.1) is 18.8 Å². The van der Waals surface area contributed by atoms with Crippen molar-refractivity contribution in [3.8, 4) is 5.75 Å². The lowest BCUT2D eigenvalue weighted by molar-refractivity contribution is -0.289. The Morgan fingerprint density at radius 2 is 1.88 bits per heavy atom. The number of nitrogens with zero attached hydrogens (tertiary/aromatic N) is 6. The molecule has 4 heterocycles. The molecule has 2 bridgehead atoms. The maximum Gasteiger partial charge on any atom is 0.456 e. The topological polar surface area (TPSA) is 93.6 Å². The van der Waals surface area contributed by atoms with Gasteiger partial charge in [0.1, 0.15) is 0 Å². The first kappa shape index (κ1) is 21.6. The van der Waals surface area contributed by atoms with Crippen molar-refractivity contribution in [1.82, 2.24) is 24.7 Å². The summed E-state index contributed by atoms with van der Waals surface area (Å²) in [4.78, 5) is 10.6. The molecule has 0 unspecified atom stereocenters. The highest BCUT2D eigenvalue weighted by atomic mass is 19.4. The fraction of sp³-hybridized carbons (Fsp3) is 0.579. The van der Waals surface area contributed by atoms with Crippen molar-refractivity contribution in [3.63, 3.8) is 0 Å². The fourth-order valence-electron chi connectivity index (χ4n) is 4.48. The number of piperidine rings is 1. The van der Waals surface area contributed by atoms with Gasteiger partial charge in [-0.05, 0) is 43.7 Å². The molecule has 1 saturated carbocycles. The average molecular weight is 473 g/mol. The van der Waals surface area contributed by atoms with E-state index in [0.29, 0.717) is 24.9 Å². The van der Waals surface area contributed by atoms with Gasteiger partial charge in [0.2, 0.25) is 5.95 Å². The molecule has 1 aliphatic carbocycles. The van der Waals surface area contributed by atoms with E-state index in [2.05, 4.69) is 30.4 Å². The first-order valence-corrected chi connectivity index (χ1v) is 10.4. The number of alkyl halides is 5. The molecule has 1 N–H and O–H groups in total. The van der Waals surface area contributed by atoms with Gasteiger partial charge in [-0.3, -0.25) is 0 Å². The van der Waals surface area contributed by atoms with Crippen molar-refractivity contribution >= 4 is 17.6 Å². The second-order valence-electron chi connectivity index (χ2n) is 8.36. The summed E-state index contributed by atoms with van der Waals surface area (Å²) in [5.41, 5.74) is 0.0455. The minimum atomic E-state index is -5.70. The van der Waals surface area contributed by atoms with Crippen LogP contribution in [0.5, 0.6) is 5.75 Å². The number of fused-ring (bicyclic) bond motifs is 3. The van der Waals surface area contributed by atoms with Gasteiger partial charge in [0.05, 0.1) is 0 Å². The van der Waals surface area contributed by atoms with Crippen LogP contribution in [0.15, 0.2) is 22.9 Å². The molecule has 0 spiro atoms. The Morgan fingerprint density at radius 3 is 2.52 bits per heavy atom. The molecule has 33 heavy (non-hydrogen) atoms. The van der Waals surface area contributed by atoms with Crippen LogP contribution in [0.1, 0.15) is 18.7 Å². The number of halogens is 5. The quantitative estimate of drug-likeness (QED) is 0.545. The maximum atomic E-state index is 13.3. The van der Waals surface area contributed by atoms with E-state index in [1.54, 1.807) is 6.92 Å². The van der Waals surface area contributed by atoms with Crippen LogP contribution in [0.2, 0.25) is 0 Å². The summed E-state index contributed by atoms with van der Waals surface area (Å²) in [6.45, 7) is 1.34. The van der Waals surface area contributed by atoms with Crippen LogP contribution in [0.25, 0.3) is 5.65 Å².